The SMILES string of the molecule is CCOC(=O)C1(C#N)CC(CCc2ccccc2)C1. The van der Waals surface area contributed by atoms with Crippen molar-refractivity contribution in [3.8, 4) is 6.07 Å². The van der Waals surface area contributed by atoms with Gasteiger partial charge in [0.2, 0.25) is 0 Å². The molecule has 0 heterocycles. The predicted molar refractivity (Wildman–Crippen MR) is 72.2 cm³/mol. The zero-order chi connectivity index (χ0) is 13.7. The van der Waals surface area contributed by atoms with Gasteiger partial charge < -0.3 is 4.74 Å². The van der Waals surface area contributed by atoms with Crippen molar-refractivity contribution in [1.82, 2.24) is 0 Å². The summed E-state index contributed by atoms with van der Waals surface area (Å²) in [6.07, 6.45) is 3.34. The normalized spacial score (nSPS) is 25.2. The Morgan fingerprint density at radius 1 is 1.42 bits per heavy atom. The van der Waals surface area contributed by atoms with Crippen LogP contribution in [0.1, 0.15) is 31.7 Å². The summed E-state index contributed by atoms with van der Waals surface area (Å²) in [7, 11) is 0. The molecule has 0 aliphatic heterocycles. The van der Waals surface area contributed by atoms with Gasteiger partial charge in [0.15, 0.2) is 5.41 Å². The largest absolute Gasteiger partial charge is 0.465 e. The van der Waals surface area contributed by atoms with Gasteiger partial charge in [-0.3, -0.25) is 4.79 Å². The molecule has 0 spiro atoms. The van der Waals surface area contributed by atoms with E-state index in [9.17, 15) is 10.1 Å². The number of benzene rings is 1. The van der Waals surface area contributed by atoms with Gasteiger partial charge in [0.05, 0.1) is 12.7 Å². The molecule has 1 aromatic rings. The second-order valence-corrected chi connectivity index (χ2v) is 5.21. The fourth-order valence-electron chi connectivity index (χ4n) is 2.72. The van der Waals surface area contributed by atoms with E-state index >= 15 is 0 Å². The first-order valence-corrected chi connectivity index (χ1v) is 6.82. The lowest BCUT2D eigenvalue weighted by Crippen LogP contribution is -2.44. The highest BCUT2D eigenvalue weighted by molar-refractivity contribution is 5.81. The molecule has 0 radical (unpaired) electrons. The molecule has 1 aliphatic carbocycles. The molecule has 0 unspecified atom stereocenters. The van der Waals surface area contributed by atoms with Crippen LogP contribution in [0.2, 0.25) is 0 Å². The Morgan fingerprint density at radius 3 is 2.68 bits per heavy atom. The number of hydrogen-bond acceptors (Lipinski definition) is 3. The van der Waals surface area contributed by atoms with Crippen LogP contribution in [0.25, 0.3) is 0 Å². The highest BCUT2D eigenvalue weighted by Gasteiger charge is 2.51. The molecule has 1 fully saturated rings. The van der Waals surface area contributed by atoms with Crippen LogP contribution in [0.4, 0.5) is 0 Å². The lowest BCUT2D eigenvalue weighted by molar-refractivity contribution is -0.159. The average Bonchev–Trinajstić information content (AvgIpc) is 2.39. The smallest absolute Gasteiger partial charge is 0.326 e. The van der Waals surface area contributed by atoms with Crippen molar-refractivity contribution in [1.29, 1.82) is 5.26 Å². The molecular formula is C16H19NO2. The molecule has 1 aliphatic rings. The van der Waals surface area contributed by atoms with E-state index in [0.717, 1.165) is 12.8 Å². The van der Waals surface area contributed by atoms with E-state index in [-0.39, 0.29) is 5.97 Å². The highest BCUT2D eigenvalue weighted by atomic mass is 16.5. The number of carbonyl (C=O) groups is 1. The zero-order valence-corrected chi connectivity index (χ0v) is 11.3. The Balaban J connectivity index is 1.82. The van der Waals surface area contributed by atoms with Gasteiger partial charge in [0.1, 0.15) is 0 Å². The summed E-state index contributed by atoms with van der Waals surface area (Å²) in [5.41, 5.74) is 0.449. The first-order valence-electron chi connectivity index (χ1n) is 6.82. The summed E-state index contributed by atoms with van der Waals surface area (Å²) in [6, 6.07) is 12.5. The molecule has 0 saturated heterocycles. The van der Waals surface area contributed by atoms with Crippen molar-refractivity contribution in [2.24, 2.45) is 11.3 Å². The molecule has 100 valence electrons. The number of nitrogens with zero attached hydrogens (tertiary/aromatic N) is 1. The minimum atomic E-state index is -0.864. The number of rotatable bonds is 5. The van der Waals surface area contributed by atoms with Crippen molar-refractivity contribution >= 4 is 5.97 Å². The maximum atomic E-state index is 11.8. The Kier molecular flexibility index (Phi) is 4.21. The van der Waals surface area contributed by atoms with E-state index < -0.39 is 5.41 Å². The molecule has 2 rings (SSSR count). The monoisotopic (exact) mass is 257 g/mol. The Labute approximate surface area is 114 Å². The summed E-state index contributed by atoms with van der Waals surface area (Å²) in [5.74, 6) is 0.123. The average molecular weight is 257 g/mol. The van der Waals surface area contributed by atoms with E-state index in [1.54, 1.807) is 6.92 Å². The van der Waals surface area contributed by atoms with E-state index in [2.05, 4.69) is 18.2 Å². The second kappa shape index (κ2) is 5.88. The maximum Gasteiger partial charge on any atom is 0.326 e. The third-order valence-electron chi connectivity index (χ3n) is 3.84. The highest BCUT2D eigenvalue weighted by Crippen LogP contribution is 2.48. The van der Waals surface area contributed by atoms with Gasteiger partial charge in [0, 0.05) is 0 Å². The van der Waals surface area contributed by atoms with Crippen LogP contribution in [0.3, 0.4) is 0 Å². The maximum absolute atomic E-state index is 11.8. The summed E-state index contributed by atoms with van der Waals surface area (Å²) in [6.45, 7) is 2.12. The summed E-state index contributed by atoms with van der Waals surface area (Å²) < 4.78 is 4.99. The third-order valence-corrected chi connectivity index (χ3v) is 3.84. The minimum absolute atomic E-state index is 0.339. The molecule has 19 heavy (non-hydrogen) atoms. The lowest BCUT2D eigenvalue weighted by atomic mass is 9.61. The molecule has 0 atom stereocenters. The van der Waals surface area contributed by atoms with Crippen LogP contribution in [-0.4, -0.2) is 12.6 Å². The van der Waals surface area contributed by atoms with Crippen LogP contribution in [0.5, 0.6) is 0 Å². The summed E-state index contributed by atoms with van der Waals surface area (Å²) in [4.78, 5) is 11.8. The van der Waals surface area contributed by atoms with Crippen molar-refractivity contribution < 1.29 is 9.53 Å². The number of nitriles is 1. The lowest BCUT2D eigenvalue weighted by Gasteiger charge is -2.40. The van der Waals surface area contributed by atoms with Crippen molar-refractivity contribution in [2.45, 2.75) is 32.6 Å². The zero-order valence-electron chi connectivity index (χ0n) is 11.3. The summed E-state index contributed by atoms with van der Waals surface area (Å²) in [5, 5.41) is 9.19. The minimum Gasteiger partial charge on any atom is -0.465 e. The molecule has 3 heteroatoms. The second-order valence-electron chi connectivity index (χ2n) is 5.21. The van der Waals surface area contributed by atoms with E-state index in [0.29, 0.717) is 25.4 Å². The van der Waals surface area contributed by atoms with Crippen molar-refractivity contribution in [2.75, 3.05) is 6.61 Å². The molecule has 1 aromatic carbocycles. The van der Waals surface area contributed by atoms with Gasteiger partial charge >= 0.3 is 5.97 Å². The van der Waals surface area contributed by atoms with E-state index in [1.807, 2.05) is 18.2 Å². The van der Waals surface area contributed by atoms with Gasteiger partial charge in [-0.25, -0.2) is 0 Å². The van der Waals surface area contributed by atoms with Crippen molar-refractivity contribution in [3.05, 3.63) is 35.9 Å². The molecule has 0 bridgehead atoms. The number of aryl methyl sites for hydroxylation is 1. The van der Waals surface area contributed by atoms with Crippen LogP contribution in [0, 0.1) is 22.7 Å². The number of carbonyl (C=O) groups excluding carboxylic acids is 1. The van der Waals surface area contributed by atoms with Gasteiger partial charge in [-0.15, -0.1) is 0 Å². The molecule has 3 nitrogen and oxygen atoms in total. The van der Waals surface area contributed by atoms with Crippen LogP contribution in [-0.2, 0) is 16.0 Å². The Bertz CT molecular complexity index is 469. The Hall–Kier alpha value is -1.82. The number of ether oxygens (including phenoxy) is 1. The molecule has 0 N–H and O–H groups in total. The molecular weight excluding hydrogens is 238 g/mol. The van der Waals surface area contributed by atoms with Crippen LogP contribution in [0.15, 0.2) is 30.3 Å². The third kappa shape index (κ3) is 2.96. The van der Waals surface area contributed by atoms with Gasteiger partial charge in [0.25, 0.3) is 0 Å². The topological polar surface area (TPSA) is 50.1 Å². The van der Waals surface area contributed by atoms with E-state index in [4.69, 9.17) is 4.74 Å². The summed E-state index contributed by atoms with van der Waals surface area (Å²) >= 11 is 0. The molecule has 0 amide bonds. The quantitative estimate of drug-likeness (QED) is 0.761. The fraction of sp³-hybridized carbons (Fsp3) is 0.500. The first kappa shape index (κ1) is 13.6. The van der Waals surface area contributed by atoms with Crippen LogP contribution >= 0.6 is 0 Å². The number of esters is 1. The predicted octanol–water partition coefficient (Wildman–Crippen LogP) is 3.10. The fourth-order valence-corrected chi connectivity index (χ4v) is 2.72. The molecule has 1 saturated carbocycles. The standard InChI is InChI=1S/C16H19NO2/c1-2-19-15(18)16(12-17)10-14(11-16)9-8-13-6-4-3-5-7-13/h3-7,14H,2,8-11H2,1H3. The van der Waals surface area contributed by atoms with E-state index in [1.165, 1.54) is 5.56 Å². The van der Waals surface area contributed by atoms with Gasteiger partial charge in [-0.1, -0.05) is 30.3 Å². The van der Waals surface area contributed by atoms with Gasteiger partial charge in [-0.2, -0.15) is 5.26 Å². The van der Waals surface area contributed by atoms with Gasteiger partial charge in [-0.05, 0) is 44.1 Å². The first-order chi connectivity index (χ1) is 9.20. The van der Waals surface area contributed by atoms with Crippen LogP contribution < -0.4 is 0 Å². The van der Waals surface area contributed by atoms with Crippen molar-refractivity contribution in [3.63, 3.8) is 0 Å². The number of hydrogen-bond donors (Lipinski definition) is 0. The Morgan fingerprint density at radius 2 is 2.11 bits per heavy atom. The molecule has 0 aromatic heterocycles.